The van der Waals surface area contributed by atoms with Gasteiger partial charge in [0.25, 0.3) is 0 Å². The van der Waals surface area contributed by atoms with Crippen LogP contribution in [0.2, 0.25) is 0 Å². The molecule has 1 aliphatic carbocycles. The molecule has 180 valence electrons. The van der Waals surface area contributed by atoms with Crippen molar-refractivity contribution in [3.63, 3.8) is 0 Å². The normalized spacial score (nSPS) is 29.1. The maximum atomic E-state index is 12.0. The van der Waals surface area contributed by atoms with E-state index in [9.17, 15) is 14.4 Å². The van der Waals surface area contributed by atoms with E-state index in [0.29, 0.717) is 11.3 Å². The number of carbonyl (C=O) groups excluding carboxylic acids is 3. The van der Waals surface area contributed by atoms with Crippen LogP contribution in [0.3, 0.4) is 0 Å². The Labute approximate surface area is 194 Å². The minimum Gasteiger partial charge on any atom is -0.496 e. The lowest BCUT2D eigenvalue weighted by molar-refractivity contribution is -0.245. The minimum atomic E-state index is -1.05. The molecule has 1 fully saturated rings. The molecule has 1 aromatic carbocycles. The summed E-state index contributed by atoms with van der Waals surface area (Å²) in [6, 6.07) is 5.87. The van der Waals surface area contributed by atoms with Crippen LogP contribution in [-0.4, -0.2) is 49.4 Å². The maximum absolute atomic E-state index is 12.0. The Morgan fingerprint density at radius 3 is 2.15 bits per heavy atom. The monoisotopic (exact) mass is 460 g/mol. The first-order valence-corrected chi connectivity index (χ1v) is 11.2. The summed E-state index contributed by atoms with van der Waals surface area (Å²) < 4.78 is 28.4. The average Bonchev–Trinajstić information content (AvgIpc) is 2.77. The van der Waals surface area contributed by atoms with Gasteiger partial charge in [-0.15, -0.1) is 0 Å². The van der Waals surface area contributed by atoms with Crippen LogP contribution in [0.25, 0.3) is 0 Å². The molecule has 1 heterocycles. The Kier molecular flexibility index (Phi) is 8.13. The molecule has 0 bridgehead atoms. The molecule has 0 saturated carbocycles. The van der Waals surface area contributed by atoms with Crippen LogP contribution in [-0.2, 0) is 33.3 Å². The van der Waals surface area contributed by atoms with Crippen molar-refractivity contribution in [3.05, 3.63) is 41.5 Å². The first kappa shape index (κ1) is 24.8. The molecule has 0 amide bonds. The fourth-order valence-electron chi connectivity index (χ4n) is 4.56. The third-order valence-corrected chi connectivity index (χ3v) is 5.92. The quantitative estimate of drug-likeness (QED) is 0.360. The highest BCUT2D eigenvalue weighted by Crippen LogP contribution is 2.42. The van der Waals surface area contributed by atoms with Crippen molar-refractivity contribution in [2.75, 3.05) is 7.11 Å². The number of rotatable bonds is 6. The van der Waals surface area contributed by atoms with Crippen molar-refractivity contribution < 1.29 is 38.1 Å². The van der Waals surface area contributed by atoms with E-state index in [1.165, 1.54) is 20.8 Å². The van der Waals surface area contributed by atoms with Gasteiger partial charge in [0.15, 0.2) is 18.3 Å². The Hall–Kier alpha value is -2.87. The molecule has 1 unspecified atom stereocenters. The topological polar surface area (TPSA) is 97.4 Å². The zero-order chi connectivity index (χ0) is 24.1. The first-order valence-electron chi connectivity index (χ1n) is 11.2. The lowest BCUT2D eigenvalue weighted by atomic mass is 9.85. The lowest BCUT2D eigenvalue weighted by Gasteiger charge is -2.44. The van der Waals surface area contributed by atoms with Gasteiger partial charge in [-0.05, 0) is 43.9 Å². The number of benzene rings is 1. The van der Waals surface area contributed by atoms with Gasteiger partial charge in [0.05, 0.1) is 13.2 Å². The van der Waals surface area contributed by atoms with Gasteiger partial charge >= 0.3 is 17.9 Å². The molecule has 1 aliphatic heterocycles. The molecule has 33 heavy (non-hydrogen) atoms. The van der Waals surface area contributed by atoms with E-state index in [1.807, 2.05) is 18.2 Å². The Bertz CT molecular complexity index is 908. The second-order valence-corrected chi connectivity index (χ2v) is 8.45. The summed E-state index contributed by atoms with van der Waals surface area (Å²) in [7, 11) is 1.55. The van der Waals surface area contributed by atoms with Gasteiger partial charge < -0.3 is 23.7 Å². The standard InChI is InChI=1S/C25H32O8/c1-14-22(31-15(2)26)24(32-16(3)27)25(33-17(4)28)23(30-14)20-13-19(11-12-21(20)29-5)18-9-7-6-8-10-18/h7,9,11-14,18,22-25H,6,8,10H2,1-5H3/t14-,18?,22+,23+,24+,25+/m0/s1. The van der Waals surface area contributed by atoms with Crippen molar-refractivity contribution in [1.29, 1.82) is 0 Å². The van der Waals surface area contributed by atoms with E-state index in [0.717, 1.165) is 24.8 Å². The lowest BCUT2D eigenvalue weighted by Crippen LogP contribution is -2.57. The van der Waals surface area contributed by atoms with Crippen LogP contribution in [0.1, 0.15) is 70.1 Å². The largest absolute Gasteiger partial charge is 0.496 e. The minimum absolute atomic E-state index is 0.259. The Morgan fingerprint density at radius 2 is 1.58 bits per heavy atom. The fourth-order valence-corrected chi connectivity index (χ4v) is 4.56. The predicted molar refractivity (Wildman–Crippen MR) is 119 cm³/mol. The van der Waals surface area contributed by atoms with Crippen LogP contribution in [0.15, 0.2) is 30.4 Å². The molecule has 0 spiro atoms. The van der Waals surface area contributed by atoms with Gasteiger partial charge in [-0.2, -0.15) is 0 Å². The zero-order valence-corrected chi connectivity index (χ0v) is 19.7. The number of hydrogen-bond donors (Lipinski definition) is 0. The molecule has 2 aliphatic rings. The highest BCUT2D eigenvalue weighted by molar-refractivity contribution is 5.68. The smallest absolute Gasteiger partial charge is 0.303 e. The summed E-state index contributed by atoms with van der Waals surface area (Å²) in [6.45, 7) is 5.50. The highest BCUT2D eigenvalue weighted by Gasteiger charge is 2.51. The highest BCUT2D eigenvalue weighted by atomic mass is 16.6. The van der Waals surface area contributed by atoms with Crippen molar-refractivity contribution >= 4 is 17.9 Å². The van der Waals surface area contributed by atoms with Crippen molar-refractivity contribution in [2.24, 2.45) is 0 Å². The number of carbonyl (C=O) groups is 3. The molecule has 3 rings (SSSR count). The Balaban J connectivity index is 2.07. The van der Waals surface area contributed by atoms with Crippen LogP contribution in [0.4, 0.5) is 0 Å². The van der Waals surface area contributed by atoms with Gasteiger partial charge in [-0.3, -0.25) is 14.4 Å². The second kappa shape index (κ2) is 10.8. The first-order chi connectivity index (χ1) is 15.7. The molecular formula is C25H32O8. The van der Waals surface area contributed by atoms with Gasteiger partial charge in [0.2, 0.25) is 0 Å². The number of allylic oxidation sites excluding steroid dienone is 2. The third-order valence-electron chi connectivity index (χ3n) is 5.92. The van der Waals surface area contributed by atoms with Gasteiger partial charge in [0, 0.05) is 32.3 Å². The van der Waals surface area contributed by atoms with Crippen molar-refractivity contribution in [2.45, 2.75) is 83.4 Å². The predicted octanol–water partition coefficient (Wildman–Crippen LogP) is 3.77. The number of esters is 3. The van der Waals surface area contributed by atoms with Crippen molar-refractivity contribution in [3.8, 4) is 5.75 Å². The van der Waals surface area contributed by atoms with Gasteiger partial charge in [-0.25, -0.2) is 0 Å². The summed E-state index contributed by atoms with van der Waals surface area (Å²) in [4.78, 5) is 35.7. The molecule has 6 atom stereocenters. The van der Waals surface area contributed by atoms with E-state index in [4.69, 9.17) is 23.7 Å². The summed E-state index contributed by atoms with van der Waals surface area (Å²) in [6.07, 6.45) is 3.10. The van der Waals surface area contributed by atoms with E-state index >= 15 is 0 Å². The van der Waals surface area contributed by atoms with Crippen LogP contribution >= 0.6 is 0 Å². The zero-order valence-electron chi connectivity index (χ0n) is 19.7. The van der Waals surface area contributed by atoms with E-state index < -0.39 is 48.4 Å². The SMILES string of the molecule is COc1ccc(C2C=CCCC2)cc1[C@H]1O[C@@H](C)[C@@H](OC(C)=O)[C@@H](OC(C)=O)[C@@H]1OC(C)=O. The number of hydrogen-bond acceptors (Lipinski definition) is 8. The summed E-state index contributed by atoms with van der Waals surface area (Å²) in [5, 5.41) is 0. The molecular weight excluding hydrogens is 428 g/mol. The van der Waals surface area contributed by atoms with Crippen LogP contribution < -0.4 is 4.74 Å². The van der Waals surface area contributed by atoms with Crippen molar-refractivity contribution in [1.82, 2.24) is 0 Å². The second-order valence-electron chi connectivity index (χ2n) is 8.45. The molecule has 1 aromatic rings. The number of ether oxygens (including phenoxy) is 5. The molecule has 1 saturated heterocycles. The summed E-state index contributed by atoms with van der Waals surface area (Å²) in [5.41, 5.74) is 1.76. The summed E-state index contributed by atoms with van der Waals surface area (Å²) >= 11 is 0. The molecule has 8 nitrogen and oxygen atoms in total. The molecule has 8 heteroatoms. The van der Waals surface area contributed by atoms with E-state index in [-0.39, 0.29) is 5.92 Å². The fraction of sp³-hybridized carbons (Fsp3) is 0.560. The van der Waals surface area contributed by atoms with Crippen LogP contribution in [0.5, 0.6) is 5.75 Å². The van der Waals surface area contributed by atoms with E-state index in [2.05, 4.69) is 12.2 Å². The van der Waals surface area contributed by atoms with Gasteiger partial charge in [0.1, 0.15) is 11.9 Å². The maximum Gasteiger partial charge on any atom is 0.303 e. The number of methoxy groups -OCH3 is 1. The molecule has 0 aromatic heterocycles. The van der Waals surface area contributed by atoms with E-state index in [1.54, 1.807) is 14.0 Å². The van der Waals surface area contributed by atoms with Crippen LogP contribution in [0, 0.1) is 0 Å². The van der Waals surface area contributed by atoms with Gasteiger partial charge in [-0.1, -0.05) is 18.2 Å². The average molecular weight is 461 g/mol. The summed E-state index contributed by atoms with van der Waals surface area (Å²) in [5.74, 6) is -0.909. The molecule has 0 N–H and O–H groups in total. The third kappa shape index (κ3) is 5.93. The molecule has 0 radical (unpaired) electrons. The Morgan fingerprint density at radius 1 is 0.939 bits per heavy atom.